The van der Waals surface area contributed by atoms with Gasteiger partial charge in [0.15, 0.2) is 0 Å². The minimum atomic E-state index is 0.0412. The molecule has 3 aromatic rings. The first-order valence-corrected chi connectivity index (χ1v) is 9.08. The second-order valence-corrected chi connectivity index (χ2v) is 7.08. The zero-order chi connectivity index (χ0) is 18.1. The molecular weight excluding hydrogens is 324 g/mol. The summed E-state index contributed by atoms with van der Waals surface area (Å²) in [6.45, 7) is 4.62. The Hall–Kier alpha value is -2.72. The van der Waals surface area contributed by atoms with Gasteiger partial charge in [-0.25, -0.2) is 0 Å². The second kappa shape index (κ2) is 6.89. The quantitative estimate of drug-likeness (QED) is 0.746. The van der Waals surface area contributed by atoms with E-state index in [4.69, 9.17) is 0 Å². The van der Waals surface area contributed by atoms with Gasteiger partial charge in [-0.15, -0.1) is 0 Å². The van der Waals surface area contributed by atoms with Crippen molar-refractivity contribution in [2.45, 2.75) is 32.5 Å². The molecule has 26 heavy (non-hydrogen) atoms. The number of aromatic nitrogens is 1. The van der Waals surface area contributed by atoms with Gasteiger partial charge < -0.3 is 14.8 Å². The van der Waals surface area contributed by atoms with E-state index in [1.54, 1.807) is 12.1 Å². The van der Waals surface area contributed by atoms with Crippen LogP contribution < -0.4 is 0 Å². The highest BCUT2D eigenvalue weighted by atomic mass is 16.3. The van der Waals surface area contributed by atoms with E-state index in [1.807, 2.05) is 25.1 Å². The van der Waals surface area contributed by atoms with Crippen molar-refractivity contribution in [3.8, 4) is 11.5 Å². The number of phenolic OH excluding ortho intramolecular Hbond substituents is 2. The molecule has 0 spiro atoms. The third-order valence-electron chi connectivity index (χ3n) is 5.15. The molecule has 0 saturated carbocycles. The van der Waals surface area contributed by atoms with Gasteiger partial charge in [-0.2, -0.15) is 0 Å². The van der Waals surface area contributed by atoms with Crippen molar-refractivity contribution in [2.75, 3.05) is 6.54 Å². The van der Waals surface area contributed by atoms with Crippen LogP contribution >= 0.6 is 0 Å². The van der Waals surface area contributed by atoms with E-state index >= 15 is 0 Å². The predicted molar refractivity (Wildman–Crippen MR) is 102 cm³/mol. The van der Waals surface area contributed by atoms with Crippen molar-refractivity contribution in [1.29, 1.82) is 0 Å². The highest BCUT2D eigenvalue weighted by Crippen LogP contribution is 2.35. The Morgan fingerprint density at radius 1 is 1.00 bits per heavy atom. The number of hydrogen-bond acceptors (Lipinski definition) is 3. The Morgan fingerprint density at radius 2 is 1.88 bits per heavy atom. The van der Waals surface area contributed by atoms with Gasteiger partial charge >= 0.3 is 0 Å². The van der Waals surface area contributed by atoms with Gasteiger partial charge in [0.2, 0.25) is 0 Å². The van der Waals surface area contributed by atoms with Gasteiger partial charge in [0, 0.05) is 37.1 Å². The van der Waals surface area contributed by atoms with Crippen molar-refractivity contribution in [1.82, 2.24) is 9.47 Å². The Morgan fingerprint density at radius 3 is 2.73 bits per heavy atom. The van der Waals surface area contributed by atoms with Gasteiger partial charge in [0.1, 0.15) is 11.5 Å². The van der Waals surface area contributed by atoms with Crippen LogP contribution in [0.5, 0.6) is 11.5 Å². The molecule has 0 radical (unpaired) electrons. The highest BCUT2D eigenvalue weighted by molar-refractivity contribution is 5.38. The first-order chi connectivity index (χ1) is 12.6. The molecule has 4 heteroatoms. The number of benzene rings is 2. The van der Waals surface area contributed by atoms with Crippen molar-refractivity contribution >= 4 is 0 Å². The molecule has 2 aromatic carbocycles. The zero-order valence-electron chi connectivity index (χ0n) is 15.0. The van der Waals surface area contributed by atoms with Crippen LogP contribution in [0.15, 0.2) is 60.8 Å². The molecule has 1 aromatic heterocycles. The van der Waals surface area contributed by atoms with Crippen LogP contribution in [0.4, 0.5) is 0 Å². The van der Waals surface area contributed by atoms with Crippen LogP contribution in [-0.2, 0) is 13.1 Å². The normalized spacial score (nSPS) is 17.7. The Labute approximate surface area is 153 Å². The average molecular weight is 348 g/mol. The number of aromatic hydroxyl groups is 2. The fourth-order valence-electron chi connectivity index (χ4n) is 3.95. The minimum absolute atomic E-state index is 0.0412. The van der Waals surface area contributed by atoms with E-state index in [1.165, 1.54) is 5.69 Å². The van der Waals surface area contributed by atoms with E-state index in [2.05, 4.69) is 39.9 Å². The lowest BCUT2D eigenvalue weighted by Crippen LogP contribution is -2.29. The summed E-state index contributed by atoms with van der Waals surface area (Å²) in [7, 11) is 0. The van der Waals surface area contributed by atoms with Crippen LogP contribution in [0, 0.1) is 6.92 Å². The summed E-state index contributed by atoms with van der Waals surface area (Å²) >= 11 is 0. The van der Waals surface area contributed by atoms with Crippen LogP contribution in [-0.4, -0.2) is 26.2 Å². The minimum Gasteiger partial charge on any atom is -0.508 e. The predicted octanol–water partition coefficient (Wildman–Crippen LogP) is 4.20. The fourth-order valence-corrected chi connectivity index (χ4v) is 3.95. The van der Waals surface area contributed by atoms with Gasteiger partial charge in [0.25, 0.3) is 0 Å². The van der Waals surface area contributed by atoms with E-state index in [-0.39, 0.29) is 11.8 Å². The third-order valence-corrected chi connectivity index (χ3v) is 5.15. The summed E-state index contributed by atoms with van der Waals surface area (Å²) in [6.07, 6.45) is 3.17. The van der Waals surface area contributed by atoms with Crippen molar-refractivity contribution < 1.29 is 10.2 Å². The summed E-state index contributed by atoms with van der Waals surface area (Å²) in [5.74, 6) is 0.619. The van der Waals surface area contributed by atoms with Crippen LogP contribution in [0.3, 0.4) is 0 Å². The lowest BCUT2D eigenvalue weighted by atomic mass is 10.00. The average Bonchev–Trinajstić information content (AvgIpc) is 2.99. The standard InChI is InChI=1S/C22H24N2O2/c1-16-8-9-21(26)18(13-16)15-24-12-4-11-23-10-3-7-20(23)22(24)17-5-2-6-19(25)14-17/h2-3,5-10,13-14,22,25-26H,4,11-12,15H2,1H3. The van der Waals surface area contributed by atoms with Crippen LogP contribution in [0.1, 0.15) is 34.8 Å². The maximum atomic E-state index is 10.3. The molecule has 2 heterocycles. The molecule has 4 rings (SSSR count). The number of nitrogens with zero attached hydrogens (tertiary/aromatic N) is 2. The van der Waals surface area contributed by atoms with Crippen molar-refractivity contribution in [3.63, 3.8) is 0 Å². The van der Waals surface area contributed by atoms with Gasteiger partial charge in [-0.05, 0) is 49.2 Å². The monoisotopic (exact) mass is 348 g/mol. The lowest BCUT2D eigenvalue weighted by Gasteiger charge is -2.31. The molecule has 134 valence electrons. The molecule has 1 aliphatic rings. The van der Waals surface area contributed by atoms with Crippen LogP contribution in [0.2, 0.25) is 0 Å². The summed E-state index contributed by atoms with van der Waals surface area (Å²) in [5, 5.41) is 20.3. The number of fused-ring (bicyclic) bond motifs is 1. The lowest BCUT2D eigenvalue weighted by molar-refractivity contribution is 0.217. The van der Waals surface area contributed by atoms with Crippen molar-refractivity contribution in [2.24, 2.45) is 0 Å². The Kier molecular flexibility index (Phi) is 4.43. The molecule has 0 saturated heterocycles. The number of rotatable bonds is 3. The van der Waals surface area contributed by atoms with E-state index in [9.17, 15) is 10.2 Å². The first kappa shape index (κ1) is 16.7. The fraction of sp³-hybridized carbons (Fsp3) is 0.273. The SMILES string of the molecule is Cc1ccc(O)c(CN2CCCn3cccc3C2c2cccc(O)c2)c1. The topological polar surface area (TPSA) is 48.6 Å². The maximum Gasteiger partial charge on any atom is 0.120 e. The number of phenols is 2. The molecule has 0 amide bonds. The van der Waals surface area contributed by atoms with E-state index < -0.39 is 0 Å². The van der Waals surface area contributed by atoms with Gasteiger partial charge in [-0.3, -0.25) is 4.90 Å². The molecule has 0 aliphatic carbocycles. The number of aryl methyl sites for hydroxylation is 2. The Balaban J connectivity index is 1.77. The summed E-state index contributed by atoms with van der Waals surface area (Å²) in [5.41, 5.74) is 4.37. The molecule has 1 unspecified atom stereocenters. The van der Waals surface area contributed by atoms with Gasteiger partial charge in [0.05, 0.1) is 6.04 Å². The molecule has 1 aliphatic heterocycles. The third kappa shape index (κ3) is 3.20. The summed E-state index contributed by atoms with van der Waals surface area (Å²) in [6, 6.07) is 17.5. The summed E-state index contributed by atoms with van der Waals surface area (Å²) < 4.78 is 2.30. The summed E-state index contributed by atoms with van der Waals surface area (Å²) in [4.78, 5) is 2.39. The zero-order valence-corrected chi connectivity index (χ0v) is 15.0. The molecule has 4 nitrogen and oxygen atoms in total. The van der Waals surface area contributed by atoms with Crippen molar-refractivity contribution in [3.05, 3.63) is 83.2 Å². The smallest absolute Gasteiger partial charge is 0.120 e. The highest BCUT2D eigenvalue weighted by Gasteiger charge is 2.28. The van der Waals surface area contributed by atoms with Crippen LogP contribution in [0.25, 0.3) is 0 Å². The molecule has 2 N–H and O–H groups in total. The maximum absolute atomic E-state index is 10.3. The van der Waals surface area contributed by atoms with Gasteiger partial charge in [-0.1, -0.05) is 29.8 Å². The van der Waals surface area contributed by atoms with E-state index in [0.717, 1.165) is 36.2 Å². The molecule has 0 bridgehead atoms. The Bertz CT molecular complexity index is 916. The largest absolute Gasteiger partial charge is 0.508 e. The second-order valence-electron chi connectivity index (χ2n) is 7.08. The molecule has 0 fully saturated rings. The molecular formula is C22H24N2O2. The molecule has 1 atom stereocenters. The number of hydrogen-bond donors (Lipinski definition) is 2. The van der Waals surface area contributed by atoms with E-state index in [0.29, 0.717) is 12.3 Å². The first-order valence-electron chi connectivity index (χ1n) is 9.08.